The lowest BCUT2D eigenvalue weighted by Gasteiger charge is -2.18. The van der Waals surface area contributed by atoms with Gasteiger partial charge in [-0.05, 0) is 5.56 Å². The number of hydrogen-bond acceptors (Lipinski definition) is 1. The number of carbonyl (C=O) groups excluding carboxylic acids is 1. The molecule has 0 fully saturated rings. The van der Waals surface area contributed by atoms with Crippen molar-refractivity contribution in [3.05, 3.63) is 54.1 Å². The van der Waals surface area contributed by atoms with Crippen LogP contribution in [0.15, 0.2) is 48.6 Å². The molecule has 1 heteroatoms. The molecule has 0 heterocycles. The van der Waals surface area contributed by atoms with E-state index in [1.807, 2.05) is 36.4 Å². The summed E-state index contributed by atoms with van der Waals surface area (Å²) in [6.07, 6.45) is 6.18. The zero-order valence-electron chi connectivity index (χ0n) is 7.68. The molecule has 68 valence electrons. The summed E-state index contributed by atoms with van der Waals surface area (Å²) in [5, 5.41) is 0. The lowest BCUT2D eigenvalue weighted by Crippen LogP contribution is -2.19. The van der Waals surface area contributed by atoms with E-state index in [1.54, 1.807) is 0 Å². The van der Waals surface area contributed by atoms with Crippen molar-refractivity contribution in [2.24, 2.45) is 11.8 Å². The van der Waals surface area contributed by atoms with Gasteiger partial charge < -0.3 is 0 Å². The summed E-state index contributed by atoms with van der Waals surface area (Å²) >= 11 is 0. The first-order valence-electron chi connectivity index (χ1n) is 4.86. The standard InChI is InChI=1S/C13H10O/c14-13-11-7-6-10(11)8-12(13)9-4-2-1-3-5-9/h1-8,10-11H. The van der Waals surface area contributed by atoms with Gasteiger partial charge in [0.1, 0.15) is 0 Å². The highest BCUT2D eigenvalue weighted by Crippen LogP contribution is 2.40. The molecule has 0 saturated heterocycles. The lowest BCUT2D eigenvalue weighted by molar-refractivity contribution is -0.116. The maximum atomic E-state index is 11.8. The number of fused-ring (bicyclic) bond motifs is 1. The first-order chi connectivity index (χ1) is 6.86. The highest BCUT2D eigenvalue weighted by molar-refractivity contribution is 6.25. The van der Waals surface area contributed by atoms with Crippen LogP contribution in [-0.4, -0.2) is 5.78 Å². The van der Waals surface area contributed by atoms with Gasteiger partial charge in [0, 0.05) is 11.5 Å². The average molecular weight is 182 g/mol. The fourth-order valence-electron chi connectivity index (χ4n) is 2.08. The molecule has 2 aliphatic rings. The molecule has 0 aromatic heterocycles. The van der Waals surface area contributed by atoms with Gasteiger partial charge in [-0.25, -0.2) is 0 Å². The van der Waals surface area contributed by atoms with E-state index in [0.29, 0.717) is 5.92 Å². The number of benzene rings is 1. The van der Waals surface area contributed by atoms with Crippen molar-refractivity contribution in [3.8, 4) is 0 Å². The first kappa shape index (κ1) is 7.74. The molecular weight excluding hydrogens is 172 g/mol. The molecule has 1 aromatic carbocycles. The van der Waals surface area contributed by atoms with Crippen LogP contribution < -0.4 is 0 Å². The van der Waals surface area contributed by atoms with Crippen molar-refractivity contribution in [2.75, 3.05) is 0 Å². The Labute approximate surface area is 82.8 Å². The van der Waals surface area contributed by atoms with Crippen molar-refractivity contribution in [1.82, 2.24) is 0 Å². The molecule has 0 saturated carbocycles. The van der Waals surface area contributed by atoms with Gasteiger partial charge in [0.25, 0.3) is 0 Å². The molecule has 0 amide bonds. The molecule has 0 bridgehead atoms. The van der Waals surface area contributed by atoms with Gasteiger partial charge >= 0.3 is 0 Å². The van der Waals surface area contributed by atoms with Crippen molar-refractivity contribution in [2.45, 2.75) is 0 Å². The number of hydrogen-bond donors (Lipinski definition) is 0. The molecule has 1 nitrogen and oxygen atoms in total. The van der Waals surface area contributed by atoms with Crippen LogP contribution in [-0.2, 0) is 4.79 Å². The first-order valence-corrected chi connectivity index (χ1v) is 4.86. The van der Waals surface area contributed by atoms with E-state index in [-0.39, 0.29) is 11.7 Å². The molecule has 2 aliphatic carbocycles. The second-order valence-corrected chi connectivity index (χ2v) is 3.80. The van der Waals surface area contributed by atoms with Crippen molar-refractivity contribution in [1.29, 1.82) is 0 Å². The van der Waals surface area contributed by atoms with Crippen LogP contribution in [0.4, 0.5) is 0 Å². The van der Waals surface area contributed by atoms with Gasteiger partial charge in [0.2, 0.25) is 0 Å². The number of ketones is 1. The second-order valence-electron chi connectivity index (χ2n) is 3.80. The second kappa shape index (κ2) is 2.68. The van der Waals surface area contributed by atoms with Crippen LogP contribution >= 0.6 is 0 Å². The highest BCUT2D eigenvalue weighted by atomic mass is 16.1. The summed E-state index contributed by atoms with van der Waals surface area (Å²) in [7, 11) is 0. The molecular formula is C13H10O. The molecule has 0 aliphatic heterocycles. The topological polar surface area (TPSA) is 17.1 Å². The molecule has 2 unspecified atom stereocenters. The Balaban J connectivity index is 2.02. The molecule has 0 N–H and O–H groups in total. The van der Waals surface area contributed by atoms with E-state index in [1.165, 1.54) is 0 Å². The maximum absolute atomic E-state index is 11.8. The summed E-state index contributed by atoms with van der Waals surface area (Å²) in [6.45, 7) is 0. The maximum Gasteiger partial charge on any atom is 0.170 e. The Kier molecular flexibility index (Phi) is 1.48. The minimum atomic E-state index is 0.144. The predicted molar refractivity (Wildman–Crippen MR) is 55.5 cm³/mol. The summed E-state index contributed by atoms with van der Waals surface area (Å²) in [5.74, 6) is 0.798. The SMILES string of the molecule is O=C1C(c2ccccc2)=CC2C=CC12. The Morgan fingerprint density at radius 1 is 1.00 bits per heavy atom. The normalized spacial score (nSPS) is 28.3. The smallest absolute Gasteiger partial charge is 0.170 e. The quantitative estimate of drug-likeness (QED) is 0.610. The van der Waals surface area contributed by atoms with Crippen LogP contribution in [0.3, 0.4) is 0 Å². The minimum absolute atomic E-state index is 0.144. The predicted octanol–water partition coefficient (Wildman–Crippen LogP) is 2.45. The summed E-state index contributed by atoms with van der Waals surface area (Å²) < 4.78 is 0. The van der Waals surface area contributed by atoms with Gasteiger partial charge in [0.05, 0.1) is 5.92 Å². The van der Waals surface area contributed by atoms with Crippen LogP contribution in [0, 0.1) is 11.8 Å². The molecule has 1 aromatic rings. The zero-order valence-corrected chi connectivity index (χ0v) is 7.68. The van der Waals surface area contributed by atoms with Crippen molar-refractivity contribution >= 4 is 11.4 Å². The Hall–Kier alpha value is -1.63. The Morgan fingerprint density at radius 2 is 1.79 bits per heavy atom. The van der Waals surface area contributed by atoms with Crippen LogP contribution in [0.1, 0.15) is 5.56 Å². The minimum Gasteiger partial charge on any atom is -0.293 e. The molecule has 14 heavy (non-hydrogen) atoms. The molecule has 0 spiro atoms. The van der Waals surface area contributed by atoms with Gasteiger partial charge in [0.15, 0.2) is 5.78 Å². The third-order valence-electron chi connectivity index (χ3n) is 2.97. The summed E-state index contributed by atoms with van der Waals surface area (Å²) in [4.78, 5) is 11.8. The van der Waals surface area contributed by atoms with E-state index in [9.17, 15) is 4.79 Å². The largest absolute Gasteiger partial charge is 0.293 e. The van der Waals surface area contributed by atoms with E-state index < -0.39 is 0 Å². The van der Waals surface area contributed by atoms with Gasteiger partial charge in [-0.1, -0.05) is 48.6 Å². The van der Waals surface area contributed by atoms with Crippen LogP contribution in [0.5, 0.6) is 0 Å². The molecule has 3 rings (SSSR count). The number of Topliss-reactive ketones (excluding diaryl/α,β-unsaturated/α-hetero) is 1. The summed E-state index contributed by atoms with van der Waals surface area (Å²) in [5.41, 5.74) is 1.94. The van der Waals surface area contributed by atoms with Gasteiger partial charge in [-0.15, -0.1) is 0 Å². The van der Waals surface area contributed by atoms with Gasteiger partial charge in [-0.3, -0.25) is 4.79 Å². The van der Waals surface area contributed by atoms with E-state index in [2.05, 4.69) is 12.2 Å². The fourth-order valence-corrected chi connectivity index (χ4v) is 2.08. The Morgan fingerprint density at radius 3 is 2.29 bits per heavy atom. The van der Waals surface area contributed by atoms with Crippen molar-refractivity contribution < 1.29 is 4.79 Å². The lowest BCUT2D eigenvalue weighted by atomic mass is 9.84. The third-order valence-corrected chi connectivity index (χ3v) is 2.97. The highest BCUT2D eigenvalue weighted by Gasteiger charge is 2.37. The third kappa shape index (κ3) is 0.925. The van der Waals surface area contributed by atoms with Crippen LogP contribution in [0.2, 0.25) is 0 Å². The van der Waals surface area contributed by atoms with E-state index in [4.69, 9.17) is 0 Å². The fraction of sp³-hybridized carbons (Fsp3) is 0.154. The number of allylic oxidation sites excluding steroid dienone is 4. The van der Waals surface area contributed by atoms with Crippen LogP contribution in [0.25, 0.3) is 5.57 Å². The van der Waals surface area contributed by atoms with Gasteiger partial charge in [-0.2, -0.15) is 0 Å². The number of rotatable bonds is 1. The van der Waals surface area contributed by atoms with E-state index in [0.717, 1.165) is 11.1 Å². The van der Waals surface area contributed by atoms with E-state index >= 15 is 0 Å². The average Bonchev–Trinajstić information content (AvgIpc) is 2.38. The molecule has 2 atom stereocenters. The monoisotopic (exact) mass is 182 g/mol. The summed E-state index contributed by atoms with van der Waals surface area (Å²) in [6, 6.07) is 9.90. The molecule has 0 radical (unpaired) electrons. The Bertz CT molecular complexity index is 440. The van der Waals surface area contributed by atoms with Crippen molar-refractivity contribution in [3.63, 3.8) is 0 Å². The number of carbonyl (C=O) groups is 1. The zero-order chi connectivity index (χ0) is 9.54.